The Bertz CT molecular complexity index is 888. The van der Waals surface area contributed by atoms with E-state index in [1.165, 1.54) is 0 Å². The van der Waals surface area contributed by atoms with Gasteiger partial charge in [-0.2, -0.15) is 0 Å². The fourth-order valence-corrected chi connectivity index (χ4v) is 2.81. The number of carbonyl (C=O) groups is 1. The summed E-state index contributed by atoms with van der Waals surface area (Å²) in [6, 6.07) is 5.49. The van der Waals surface area contributed by atoms with E-state index in [9.17, 15) is 14.4 Å². The maximum absolute atomic E-state index is 12.5. The fraction of sp³-hybridized carbons (Fsp3) is 0.450. The second kappa shape index (κ2) is 7.12. The molecule has 0 amide bonds. The standard InChI is InChI=1S/C20H24O4/c1-11(2)16-10-14-7-6-13(5)15(8-9-17(21)12(3)4)18(14)20(23)24-19(16)22/h6-7,10-12H,8-9H2,1-5H3. The third-order valence-corrected chi connectivity index (χ3v) is 4.40. The minimum absolute atomic E-state index is 0.0337. The van der Waals surface area contributed by atoms with Crippen LogP contribution in [-0.4, -0.2) is 5.78 Å². The van der Waals surface area contributed by atoms with E-state index in [0.29, 0.717) is 29.2 Å². The zero-order valence-electron chi connectivity index (χ0n) is 14.9. The quantitative estimate of drug-likeness (QED) is 0.838. The summed E-state index contributed by atoms with van der Waals surface area (Å²) in [5.74, 6) is 0.0839. The highest BCUT2D eigenvalue weighted by molar-refractivity contribution is 5.87. The average molecular weight is 328 g/mol. The summed E-state index contributed by atoms with van der Waals surface area (Å²) in [5, 5.41) is 1.10. The van der Waals surface area contributed by atoms with Crippen molar-refractivity contribution in [3.8, 4) is 0 Å². The molecule has 0 fully saturated rings. The van der Waals surface area contributed by atoms with Crippen molar-refractivity contribution in [1.82, 2.24) is 0 Å². The maximum atomic E-state index is 12.5. The number of Topliss-reactive ketones (excluding diaryl/α,β-unsaturated/α-hetero) is 1. The molecule has 1 aromatic heterocycles. The van der Waals surface area contributed by atoms with Gasteiger partial charge in [0.1, 0.15) is 5.78 Å². The Hall–Kier alpha value is -2.23. The van der Waals surface area contributed by atoms with Gasteiger partial charge in [-0.1, -0.05) is 39.8 Å². The van der Waals surface area contributed by atoms with Crippen LogP contribution in [0.3, 0.4) is 0 Å². The Labute approximate surface area is 141 Å². The van der Waals surface area contributed by atoms with Gasteiger partial charge in [-0.05, 0) is 41.8 Å². The number of carbonyl (C=O) groups excluding carboxylic acids is 1. The Morgan fingerprint density at radius 1 is 1.08 bits per heavy atom. The second-order valence-electron chi connectivity index (χ2n) is 6.88. The van der Waals surface area contributed by atoms with Crippen LogP contribution in [0.25, 0.3) is 10.8 Å². The molecule has 0 radical (unpaired) electrons. The Balaban J connectivity index is 2.70. The molecule has 1 heterocycles. The van der Waals surface area contributed by atoms with E-state index in [1.807, 2.05) is 46.8 Å². The van der Waals surface area contributed by atoms with Crippen molar-refractivity contribution in [2.45, 2.75) is 53.4 Å². The molecular weight excluding hydrogens is 304 g/mol. The molecule has 0 aliphatic rings. The van der Waals surface area contributed by atoms with Crippen molar-refractivity contribution in [2.75, 3.05) is 0 Å². The average Bonchev–Trinajstić information content (AvgIpc) is 2.62. The lowest BCUT2D eigenvalue weighted by molar-refractivity contribution is -0.121. The van der Waals surface area contributed by atoms with Gasteiger partial charge >= 0.3 is 11.3 Å². The van der Waals surface area contributed by atoms with Crippen LogP contribution in [0, 0.1) is 12.8 Å². The molecule has 0 saturated heterocycles. The van der Waals surface area contributed by atoms with Crippen molar-refractivity contribution in [3.63, 3.8) is 0 Å². The molecule has 128 valence electrons. The predicted octanol–water partition coefficient (Wildman–Crippen LogP) is 3.74. The third-order valence-electron chi connectivity index (χ3n) is 4.40. The predicted molar refractivity (Wildman–Crippen MR) is 95.7 cm³/mol. The molecule has 0 spiro atoms. The van der Waals surface area contributed by atoms with Gasteiger partial charge < -0.3 is 4.42 Å². The first-order valence-electron chi connectivity index (χ1n) is 8.35. The SMILES string of the molecule is Cc1ccc2cc(C(C)C)c(=O)oc(=O)c2c1CCC(=O)C(C)C. The fourth-order valence-electron chi connectivity index (χ4n) is 2.81. The molecular formula is C20H24O4. The van der Waals surface area contributed by atoms with Crippen LogP contribution < -0.4 is 11.3 Å². The van der Waals surface area contributed by atoms with Crippen LogP contribution in [0.15, 0.2) is 32.2 Å². The normalized spacial score (nSPS) is 11.5. The smallest absolute Gasteiger partial charge is 0.346 e. The maximum Gasteiger partial charge on any atom is 0.346 e. The van der Waals surface area contributed by atoms with E-state index in [-0.39, 0.29) is 17.6 Å². The highest BCUT2D eigenvalue weighted by Crippen LogP contribution is 2.22. The summed E-state index contributed by atoms with van der Waals surface area (Å²) >= 11 is 0. The van der Waals surface area contributed by atoms with E-state index >= 15 is 0 Å². The van der Waals surface area contributed by atoms with Crippen LogP contribution in [-0.2, 0) is 11.2 Å². The van der Waals surface area contributed by atoms with E-state index < -0.39 is 11.3 Å². The summed E-state index contributed by atoms with van der Waals surface area (Å²) in [4.78, 5) is 36.6. The highest BCUT2D eigenvalue weighted by atomic mass is 16.4. The molecule has 0 bridgehead atoms. The third kappa shape index (κ3) is 3.64. The first-order valence-corrected chi connectivity index (χ1v) is 8.35. The summed E-state index contributed by atoms with van der Waals surface area (Å²) in [5.41, 5.74) is 0.984. The Morgan fingerprint density at radius 2 is 1.75 bits per heavy atom. The van der Waals surface area contributed by atoms with Gasteiger partial charge in [0, 0.05) is 17.9 Å². The van der Waals surface area contributed by atoms with E-state index in [0.717, 1.165) is 11.1 Å². The number of rotatable bonds is 5. The van der Waals surface area contributed by atoms with Gasteiger partial charge in [0.15, 0.2) is 0 Å². The number of hydrogen-bond donors (Lipinski definition) is 0. The van der Waals surface area contributed by atoms with Gasteiger partial charge in [-0.25, -0.2) is 9.59 Å². The number of ketones is 1. The minimum atomic E-state index is -0.627. The van der Waals surface area contributed by atoms with Crippen LogP contribution in [0.5, 0.6) is 0 Å². The minimum Gasteiger partial charge on any atom is -0.386 e. The molecule has 4 heteroatoms. The Kier molecular flexibility index (Phi) is 5.37. The Morgan fingerprint density at radius 3 is 2.33 bits per heavy atom. The van der Waals surface area contributed by atoms with Crippen molar-refractivity contribution in [3.05, 3.63) is 55.7 Å². The molecule has 0 saturated carbocycles. The molecule has 2 aromatic rings. The van der Waals surface area contributed by atoms with Gasteiger partial charge in [-0.15, -0.1) is 0 Å². The largest absolute Gasteiger partial charge is 0.386 e. The van der Waals surface area contributed by atoms with Crippen molar-refractivity contribution in [2.24, 2.45) is 5.92 Å². The van der Waals surface area contributed by atoms with E-state index in [1.54, 1.807) is 6.07 Å². The summed E-state index contributed by atoms with van der Waals surface area (Å²) < 4.78 is 5.03. The van der Waals surface area contributed by atoms with Crippen molar-refractivity contribution >= 4 is 16.6 Å². The first kappa shape index (κ1) is 18.1. The second-order valence-corrected chi connectivity index (χ2v) is 6.88. The number of benzene rings is 1. The lowest BCUT2D eigenvalue weighted by Gasteiger charge is -2.09. The molecule has 0 N–H and O–H groups in total. The van der Waals surface area contributed by atoms with Crippen molar-refractivity contribution in [1.29, 1.82) is 0 Å². The van der Waals surface area contributed by atoms with E-state index in [2.05, 4.69) is 0 Å². The molecule has 1 aromatic carbocycles. The van der Waals surface area contributed by atoms with Gasteiger partial charge in [0.05, 0.1) is 5.39 Å². The van der Waals surface area contributed by atoms with Crippen LogP contribution in [0.1, 0.15) is 56.7 Å². The molecule has 0 aliphatic carbocycles. The zero-order chi connectivity index (χ0) is 18.0. The summed E-state index contributed by atoms with van der Waals surface area (Å²) in [6.07, 6.45) is 0.844. The molecule has 4 nitrogen and oxygen atoms in total. The van der Waals surface area contributed by atoms with E-state index in [4.69, 9.17) is 4.42 Å². The topological polar surface area (TPSA) is 64.3 Å². The van der Waals surface area contributed by atoms with Crippen LogP contribution in [0.2, 0.25) is 0 Å². The number of fused-ring (bicyclic) bond motifs is 1. The summed E-state index contributed by atoms with van der Waals surface area (Å²) in [6.45, 7) is 9.41. The van der Waals surface area contributed by atoms with Crippen LogP contribution in [0.4, 0.5) is 0 Å². The highest BCUT2D eigenvalue weighted by Gasteiger charge is 2.15. The van der Waals surface area contributed by atoms with Gasteiger partial charge in [0.25, 0.3) is 0 Å². The molecule has 0 unspecified atom stereocenters. The molecule has 0 aliphatic heterocycles. The lowest BCUT2D eigenvalue weighted by Crippen LogP contribution is -2.12. The molecule has 0 atom stereocenters. The van der Waals surface area contributed by atoms with Gasteiger partial charge in [-0.3, -0.25) is 4.79 Å². The zero-order valence-corrected chi connectivity index (χ0v) is 14.9. The molecule has 2 rings (SSSR count). The van der Waals surface area contributed by atoms with Crippen LogP contribution >= 0.6 is 0 Å². The van der Waals surface area contributed by atoms with Gasteiger partial charge in [0.2, 0.25) is 0 Å². The van der Waals surface area contributed by atoms with Crippen molar-refractivity contribution < 1.29 is 9.21 Å². The number of aryl methyl sites for hydroxylation is 2. The number of hydrogen-bond acceptors (Lipinski definition) is 4. The summed E-state index contributed by atoms with van der Waals surface area (Å²) in [7, 11) is 0. The molecule has 24 heavy (non-hydrogen) atoms. The first-order chi connectivity index (χ1) is 11.2. The lowest BCUT2D eigenvalue weighted by atomic mass is 9.94. The monoisotopic (exact) mass is 328 g/mol.